The smallest absolute Gasteiger partial charge is 0.137 e. The van der Waals surface area contributed by atoms with Crippen molar-refractivity contribution < 1.29 is 4.74 Å². The Morgan fingerprint density at radius 3 is 2.52 bits per heavy atom. The first-order valence-electron chi connectivity index (χ1n) is 7.46. The monoisotopic (exact) mass is 312 g/mol. The number of nitrogens with one attached hydrogen (secondary N) is 1. The van der Waals surface area contributed by atoms with Gasteiger partial charge in [0.15, 0.2) is 0 Å². The van der Waals surface area contributed by atoms with Crippen molar-refractivity contribution in [2.45, 2.75) is 33.1 Å². The lowest BCUT2D eigenvalue weighted by molar-refractivity contribution is 0.0398. The number of nitrogens with zero attached hydrogens (tertiary/aromatic N) is 3. The van der Waals surface area contributed by atoms with Crippen LogP contribution < -0.4 is 5.32 Å². The van der Waals surface area contributed by atoms with Crippen LogP contribution in [0, 0.1) is 6.92 Å². The van der Waals surface area contributed by atoms with Crippen LogP contribution >= 0.6 is 11.6 Å². The maximum absolute atomic E-state index is 6.23. The van der Waals surface area contributed by atoms with E-state index in [1.165, 1.54) is 0 Å². The topological polar surface area (TPSA) is 50.3 Å². The lowest BCUT2D eigenvalue weighted by atomic mass is 9.95. The molecule has 0 spiro atoms. The predicted molar refractivity (Wildman–Crippen MR) is 86.2 cm³/mol. The Bertz CT molecular complexity index is 481. The van der Waals surface area contributed by atoms with Crippen LogP contribution in [0.15, 0.2) is 0 Å². The van der Waals surface area contributed by atoms with E-state index in [0.29, 0.717) is 5.15 Å². The Balaban J connectivity index is 2.00. The van der Waals surface area contributed by atoms with Gasteiger partial charge in [0.05, 0.1) is 13.2 Å². The lowest BCUT2D eigenvalue weighted by Gasteiger charge is -2.27. The lowest BCUT2D eigenvalue weighted by Crippen LogP contribution is -2.39. The number of aromatic nitrogens is 2. The van der Waals surface area contributed by atoms with Crippen LogP contribution in [0.3, 0.4) is 0 Å². The first-order valence-corrected chi connectivity index (χ1v) is 7.84. The maximum atomic E-state index is 6.23. The van der Waals surface area contributed by atoms with E-state index in [4.69, 9.17) is 16.3 Å². The van der Waals surface area contributed by atoms with Crippen molar-refractivity contribution >= 4 is 17.4 Å². The summed E-state index contributed by atoms with van der Waals surface area (Å²) in [5.41, 5.74) is 0.796. The van der Waals surface area contributed by atoms with E-state index in [1.807, 2.05) is 6.92 Å². The maximum Gasteiger partial charge on any atom is 0.137 e. The number of hydrogen-bond donors (Lipinski definition) is 1. The van der Waals surface area contributed by atoms with Crippen molar-refractivity contribution in [1.82, 2.24) is 14.9 Å². The number of rotatable bonds is 4. The fraction of sp³-hybridized carbons (Fsp3) is 0.733. The second-order valence-corrected chi connectivity index (χ2v) is 6.80. The molecule has 0 aliphatic carbocycles. The summed E-state index contributed by atoms with van der Waals surface area (Å²) in [7, 11) is 0. The highest BCUT2D eigenvalue weighted by Crippen LogP contribution is 2.25. The van der Waals surface area contributed by atoms with E-state index in [9.17, 15) is 0 Å². The molecule has 5 nitrogen and oxygen atoms in total. The first-order chi connectivity index (χ1) is 9.88. The molecule has 1 aliphatic rings. The van der Waals surface area contributed by atoms with Gasteiger partial charge in [0.1, 0.15) is 16.8 Å². The highest BCUT2D eigenvalue weighted by Gasteiger charge is 2.20. The number of anilines is 1. The van der Waals surface area contributed by atoms with E-state index in [2.05, 4.69) is 41.0 Å². The summed E-state index contributed by atoms with van der Waals surface area (Å²) < 4.78 is 5.35. The molecule has 0 unspecified atom stereocenters. The summed E-state index contributed by atoms with van der Waals surface area (Å²) >= 11 is 6.23. The van der Waals surface area contributed by atoms with Crippen LogP contribution in [-0.2, 0) is 10.2 Å². The van der Waals surface area contributed by atoms with E-state index >= 15 is 0 Å². The van der Waals surface area contributed by atoms with Crippen LogP contribution in [-0.4, -0.2) is 54.3 Å². The molecule has 1 aromatic rings. The van der Waals surface area contributed by atoms with Gasteiger partial charge < -0.3 is 10.1 Å². The minimum absolute atomic E-state index is 0.113. The first kappa shape index (κ1) is 16.5. The van der Waals surface area contributed by atoms with Gasteiger partial charge in [0, 0.05) is 37.2 Å². The number of ether oxygens (including phenoxy) is 1. The molecule has 21 heavy (non-hydrogen) atoms. The molecule has 0 aromatic carbocycles. The van der Waals surface area contributed by atoms with Gasteiger partial charge in [-0.3, -0.25) is 4.90 Å². The zero-order valence-corrected chi connectivity index (χ0v) is 14.1. The van der Waals surface area contributed by atoms with Crippen LogP contribution in [0.2, 0.25) is 5.15 Å². The number of morpholine rings is 1. The second kappa shape index (κ2) is 6.90. The molecular weight excluding hydrogens is 288 g/mol. The van der Waals surface area contributed by atoms with Crippen LogP contribution in [0.5, 0.6) is 0 Å². The molecule has 2 heterocycles. The third-order valence-corrected chi connectivity index (χ3v) is 3.95. The fourth-order valence-electron chi connectivity index (χ4n) is 2.15. The molecule has 1 N–H and O–H groups in total. The van der Waals surface area contributed by atoms with E-state index < -0.39 is 0 Å². The fourth-order valence-corrected chi connectivity index (χ4v) is 2.32. The SMILES string of the molecule is Cc1c(Cl)nc(C(C)(C)C)nc1NCCN1CCOCC1. The highest BCUT2D eigenvalue weighted by molar-refractivity contribution is 6.30. The van der Waals surface area contributed by atoms with E-state index in [1.54, 1.807) is 0 Å². The molecule has 0 atom stereocenters. The molecular formula is C15H25ClN4O. The normalized spacial score (nSPS) is 17.0. The molecule has 0 radical (unpaired) electrons. The Hall–Kier alpha value is -0.910. The van der Waals surface area contributed by atoms with Gasteiger partial charge in [-0.15, -0.1) is 0 Å². The summed E-state index contributed by atoms with van der Waals surface area (Å²) in [5, 5.41) is 3.93. The van der Waals surface area contributed by atoms with Gasteiger partial charge in [-0.2, -0.15) is 0 Å². The third kappa shape index (κ3) is 4.53. The van der Waals surface area contributed by atoms with Crippen molar-refractivity contribution in [1.29, 1.82) is 0 Å². The van der Waals surface area contributed by atoms with Gasteiger partial charge >= 0.3 is 0 Å². The standard InChI is InChI=1S/C15H25ClN4O/c1-11-12(16)18-14(15(2,3)4)19-13(11)17-5-6-20-7-9-21-10-8-20/h5-10H2,1-4H3,(H,17,18,19). The quantitative estimate of drug-likeness (QED) is 0.866. The molecule has 0 bridgehead atoms. The van der Waals surface area contributed by atoms with E-state index in [-0.39, 0.29) is 5.41 Å². The van der Waals surface area contributed by atoms with Gasteiger partial charge in [-0.25, -0.2) is 9.97 Å². The third-order valence-electron chi connectivity index (χ3n) is 3.58. The number of halogens is 1. The Labute approximate surface area is 132 Å². The summed E-state index contributed by atoms with van der Waals surface area (Å²) in [6.07, 6.45) is 0. The molecule has 1 aliphatic heterocycles. The van der Waals surface area contributed by atoms with Gasteiger partial charge in [0.25, 0.3) is 0 Å². The Morgan fingerprint density at radius 2 is 1.90 bits per heavy atom. The highest BCUT2D eigenvalue weighted by atomic mass is 35.5. The van der Waals surface area contributed by atoms with E-state index in [0.717, 1.165) is 56.6 Å². The average Bonchev–Trinajstić information content (AvgIpc) is 2.43. The molecule has 6 heteroatoms. The van der Waals surface area contributed by atoms with Gasteiger partial charge in [-0.05, 0) is 6.92 Å². The zero-order chi connectivity index (χ0) is 15.5. The summed E-state index contributed by atoms with van der Waals surface area (Å²) in [5.74, 6) is 1.61. The molecule has 1 aromatic heterocycles. The summed E-state index contributed by atoms with van der Waals surface area (Å²) in [4.78, 5) is 11.4. The van der Waals surface area contributed by atoms with Crippen molar-refractivity contribution in [2.24, 2.45) is 0 Å². The number of hydrogen-bond acceptors (Lipinski definition) is 5. The molecule has 1 saturated heterocycles. The average molecular weight is 313 g/mol. The van der Waals surface area contributed by atoms with Crippen molar-refractivity contribution in [2.75, 3.05) is 44.7 Å². The minimum Gasteiger partial charge on any atom is -0.379 e. The molecule has 0 saturated carbocycles. The zero-order valence-electron chi connectivity index (χ0n) is 13.4. The molecule has 1 fully saturated rings. The van der Waals surface area contributed by atoms with Crippen LogP contribution in [0.1, 0.15) is 32.2 Å². The predicted octanol–water partition coefficient (Wildman–Crippen LogP) is 2.48. The molecule has 118 valence electrons. The minimum atomic E-state index is -0.113. The van der Waals surface area contributed by atoms with Gasteiger partial charge in [-0.1, -0.05) is 32.4 Å². The molecule has 2 rings (SSSR count). The Kier molecular flexibility index (Phi) is 5.41. The van der Waals surface area contributed by atoms with Gasteiger partial charge in [0.2, 0.25) is 0 Å². The molecule has 0 amide bonds. The largest absolute Gasteiger partial charge is 0.379 e. The summed E-state index contributed by atoms with van der Waals surface area (Å²) in [6, 6.07) is 0. The van der Waals surface area contributed by atoms with Crippen LogP contribution in [0.25, 0.3) is 0 Å². The Morgan fingerprint density at radius 1 is 1.24 bits per heavy atom. The van der Waals surface area contributed by atoms with Crippen molar-refractivity contribution in [3.63, 3.8) is 0 Å². The summed E-state index contributed by atoms with van der Waals surface area (Å²) in [6.45, 7) is 13.7. The second-order valence-electron chi connectivity index (χ2n) is 6.44. The van der Waals surface area contributed by atoms with Crippen molar-refractivity contribution in [3.05, 3.63) is 16.5 Å². The van der Waals surface area contributed by atoms with Crippen molar-refractivity contribution in [3.8, 4) is 0 Å². The van der Waals surface area contributed by atoms with Crippen LogP contribution in [0.4, 0.5) is 5.82 Å².